The Hall–Kier alpha value is -3.40. The van der Waals surface area contributed by atoms with E-state index >= 15 is 0 Å². The van der Waals surface area contributed by atoms with Crippen LogP contribution >= 0.6 is 0 Å². The Balaban J connectivity index is 1.67. The molecule has 3 aromatic carbocycles. The summed E-state index contributed by atoms with van der Waals surface area (Å²) in [5.74, 6) is 0.411. The molecule has 0 aliphatic heterocycles. The van der Waals surface area contributed by atoms with Gasteiger partial charge in [0.15, 0.2) is 5.58 Å². The first-order chi connectivity index (χ1) is 13.0. The lowest BCUT2D eigenvalue weighted by atomic mass is 10.1. The van der Waals surface area contributed by atoms with Gasteiger partial charge < -0.3 is 9.73 Å². The van der Waals surface area contributed by atoms with E-state index in [-0.39, 0.29) is 5.91 Å². The van der Waals surface area contributed by atoms with Gasteiger partial charge in [-0.25, -0.2) is 4.98 Å². The zero-order valence-electron chi connectivity index (χ0n) is 15.5. The summed E-state index contributed by atoms with van der Waals surface area (Å²) < 4.78 is 5.91. The molecule has 1 amide bonds. The Morgan fingerprint density at radius 2 is 1.74 bits per heavy atom. The lowest BCUT2D eigenvalue weighted by Gasteiger charge is -2.10. The van der Waals surface area contributed by atoms with E-state index in [1.165, 1.54) is 0 Å². The van der Waals surface area contributed by atoms with Crippen molar-refractivity contribution in [1.82, 2.24) is 4.98 Å². The number of nitrogens with one attached hydrogen (secondary N) is 1. The number of oxazole rings is 1. The highest BCUT2D eigenvalue weighted by molar-refractivity contribution is 6.05. The molecular formula is C23H20N2O2. The van der Waals surface area contributed by atoms with Gasteiger partial charge in [0.1, 0.15) is 5.52 Å². The summed E-state index contributed by atoms with van der Waals surface area (Å²) in [6.45, 7) is 5.95. The normalized spacial score (nSPS) is 10.9. The van der Waals surface area contributed by atoms with Crippen LogP contribution in [0.15, 0.2) is 65.1 Å². The highest BCUT2D eigenvalue weighted by Gasteiger charge is 2.12. The molecule has 1 N–H and O–H groups in total. The number of benzene rings is 3. The third-order valence-corrected chi connectivity index (χ3v) is 4.56. The van der Waals surface area contributed by atoms with Gasteiger partial charge >= 0.3 is 0 Å². The highest BCUT2D eigenvalue weighted by Crippen LogP contribution is 2.28. The van der Waals surface area contributed by atoms with Gasteiger partial charge in [0.2, 0.25) is 5.89 Å². The van der Waals surface area contributed by atoms with Crippen LogP contribution in [0.5, 0.6) is 0 Å². The molecule has 0 saturated heterocycles. The molecule has 27 heavy (non-hydrogen) atoms. The van der Waals surface area contributed by atoms with Crippen molar-refractivity contribution in [3.63, 3.8) is 0 Å². The zero-order chi connectivity index (χ0) is 19.0. The fourth-order valence-corrected chi connectivity index (χ4v) is 3.03. The van der Waals surface area contributed by atoms with Crippen LogP contribution in [0.4, 0.5) is 5.69 Å². The van der Waals surface area contributed by atoms with E-state index in [0.717, 1.165) is 39.0 Å². The molecule has 4 aromatic rings. The van der Waals surface area contributed by atoms with Gasteiger partial charge in [-0.05, 0) is 68.3 Å². The minimum atomic E-state index is -0.132. The third-order valence-electron chi connectivity index (χ3n) is 4.56. The Labute approximate surface area is 157 Å². The number of hydrogen-bond acceptors (Lipinski definition) is 3. The van der Waals surface area contributed by atoms with Crippen molar-refractivity contribution >= 4 is 22.7 Å². The molecular weight excluding hydrogens is 336 g/mol. The minimum Gasteiger partial charge on any atom is -0.436 e. The Morgan fingerprint density at radius 3 is 2.56 bits per heavy atom. The van der Waals surface area contributed by atoms with Gasteiger partial charge in [-0.1, -0.05) is 29.8 Å². The summed E-state index contributed by atoms with van der Waals surface area (Å²) in [5, 5.41) is 3.00. The molecule has 4 rings (SSSR count). The SMILES string of the molecule is Cc1cccc(C(=O)Nc2cc(-c3nc4ccc(C)cc4o3)ccc2C)c1. The second-order valence-electron chi connectivity index (χ2n) is 6.84. The molecule has 0 atom stereocenters. The Bertz CT molecular complexity index is 1160. The lowest BCUT2D eigenvalue weighted by Crippen LogP contribution is -2.13. The molecule has 0 bridgehead atoms. The molecule has 0 radical (unpaired) electrons. The summed E-state index contributed by atoms with van der Waals surface area (Å²) in [6.07, 6.45) is 0. The first-order valence-electron chi connectivity index (χ1n) is 8.86. The predicted molar refractivity (Wildman–Crippen MR) is 108 cm³/mol. The fourth-order valence-electron chi connectivity index (χ4n) is 3.03. The van der Waals surface area contributed by atoms with Crippen molar-refractivity contribution in [3.8, 4) is 11.5 Å². The quantitative estimate of drug-likeness (QED) is 0.514. The Morgan fingerprint density at radius 1 is 0.926 bits per heavy atom. The largest absolute Gasteiger partial charge is 0.436 e. The molecule has 0 unspecified atom stereocenters. The average Bonchev–Trinajstić information content (AvgIpc) is 3.06. The predicted octanol–water partition coefficient (Wildman–Crippen LogP) is 5.67. The van der Waals surface area contributed by atoms with E-state index in [9.17, 15) is 4.79 Å². The number of hydrogen-bond donors (Lipinski definition) is 1. The van der Waals surface area contributed by atoms with Crippen LogP contribution in [0.2, 0.25) is 0 Å². The van der Waals surface area contributed by atoms with Crippen LogP contribution in [0.1, 0.15) is 27.0 Å². The maximum absolute atomic E-state index is 12.6. The van der Waals surface area contributed by atoms with E-state index in [0.29, 0.717) is 11.5 Å². The number of fused-ring (bicyclic) bond motifs is 1. The number of amides is 1. The molecule has 1 heterocycles. The van der Waals surface area contributed by atoms with E-state index in [1.54, 1.807) is 0 Å². The van der Waals surface area contributed by atoms with Crippen molar-refractivity contribution in [1.29, 1.82) is 0 Å². The zero-order valence-corrected chi connectivity index (χ0v) is 15.5. The first kappa shape index (κ1) is 17.0. The van der Waals surface area contributed by atoms with Crippen molar-refractivity contribution in [2.75, 3.05) is 5.32 Å². The molecule has 1 aromatic heterocycles. The highest BCUT2D eigenvalue weighted by atomic mass is 16.3. The van der Waals surface area contributed by atoms with Crippen LogP contribution in [0, 0.1) is 20.8 Å². The monoisotopic (exact) mass is 356 g/mol. The van der Waals surface area contributed by atoms with Crippen LogP contribution in [0.25, 0.3) is 22.6 Å². The van der Waals surface area contributed by atoms with Gasteiger partial charge in [-0.15, -0.1) is 0 Å². The summed E-state index contributed by atoms with van der Waals surface area (Å²) in [6, 6.07) is 19.3. The number of carbonyl (C=O) groups is 1. The maximum atomic E-state index is 12.6. The number of nitrogens with zero attached hydrogens (tertiary/aromatic N) is 1. The second-order valence-corrected chi connectivity index (χ2v) is 6.84. The first-order valence-corrected chi connectivity index (χ1v) is 8.86. The van der Waals surface area contributed by atoms with Gasteiger partial charge in [0.25, 0.3) is 5.91 Å². The second kappa shape index (κ2) is 6.72. The van der Waals surface area contributed by atoms with Crippen molar-refractivity contribution in [3.05, 3.63) is 82.9 Å². The van der Waals surface area contributed by atoms with Crippen LogP contribution in [0.3, 0.4) is 0 Å². The van der Waals surface area contributed by atoms with E-state index in [2.05, 4.69) is 10.3 Å². The van der Waals surface area contributed by atoms with Gasteiger partial charge in [-0.2, -0.15) is 0 Å². The van der Waals surface area contributed by atoms with Gasteiger partial charge in [-0.3, -0.25) is 4.79 Å². The van der Waals surface area contributed by atoms with Crippen molar-refractivity contribution in [2.24, 2.45) is 0 Å². The third kappa shape index (κ3) is 3.47. The number of carbonyl (C=O) groups excluding carboxylic acids is 1. The maximum Gasteiger partial charge on any atom is 0.255 e. The number of rotatable bonds is 3. The molecule has 0 spiro atoms. The average molecular weight is 356 g/mol. The summed E-state index contributed by atoms with van der Waals surface area (Å²) >= 11 is 0. The van der Waals surface area contributed by atoms with Crippen molar-refractivity contribution < 1.29 is 9.21 Å². The Kier molecular flexibility index (Phi) is 4.24. The molecule has 0 aliphatic carbocycles. The van der Waals surface area contributed by atoms with E-state index in [4.69, 9.17) is 4.42 Å². The van der Waals surface area contributed by atoms with E-state index < -0.39 is 0 Å². The molecule has 4 nitrogen and oxygen atoms in total. The van der Waals surface area contributed by atoms with Crippen LogP contribution in [-0.2, 0) is 0 Å². The molecule has 0 saturated carbocycles. The summed E-state index contributed by atoms with van der Waals surface area (Å²) in [5.41, 5.74) is 6.95. The number of anilines is 1. The van der Waals surface area contributed by atoms with Gasteiger partial charge in [0, 0.05) is 16.8 Å². The van der Waals surface area contributed by atoms with E-state index in [1.807, 2.05) is 81.4 Å². The van der Waals surface area contributed by atoms with Crippen molar-refractivity contribution in [2.45, 2.75) is 20.8 Å². The molecule has 0 fully saturated rings. The molecule has 134 valence electrons. The van der Waals surface area contributed by atoms with Crippen LogP contribution in [-0.4, -0.2) is 10.9 Å². The summed E-state index contributed by atoms with van der Waals surface area (Å²) in [4.78, 5) is 17.2. The molecule has 4 heteroatoms. The standard InChI is InChI=1S/C23H20N2O2/c1-14-5-4-6-17(11-14)22(26)24-20-13-18(9-8-16(20)3)23-25-19-10-7-15(2)12-21(19)27-23/h4-13H,1-3H3,(H,24,26). The minimum absolute atomic E-state index is 0.132. The smallest absolute Gasteiger partial charge is 0.255 e. The topological polar surface area (TPSA) is 55.1 Å². The number of aryl methyl sites for hydroxylation is 3. The number of aromatic nitrogens is 1. The van der Waals surface area contributed by atoms with Crippen LogP contribution < -0.4 is 5.32 Å². The van der Waals surface area contributed by atoms with Gasteiger partial charge in [0.05, 0.1) is 0 Å². The molecule has 0 aliphatic rings. The summed E-state index contributed by atoms with van der Waals surface area (Å²) in [7, 11) is 0. The fraction of sp³-hybridized carbons (Fsp3) is 0.130. The lowest BCUT2D eigenvalue weighted by molar-refractivity contribution is 0.102.